The Labute approximate surface area is 192 Å². The lowest BCUT2D eigenvalue weighted by atomic mass is 9.97. The highest BCUT2D eigenvalue weighted by atomic mass is 32.2. The number of sulfonamides is 1. The van der Waals surface area contributed by atoms with Crippen LogP contribution < -0.4 is 10.1 Å². The molecule has 8 heteroatoms. The molecule has 0 aliphatic carbocycles. The van der Waals surface area contributed by atoms with Crippen LogP contribution in [0.3, 0.4) is 0 Å². The number of thiophene rings is 1. The number of benzene rings is 2. The van der Waals surface area contributed by atoms with Gasteiger partial charge in [-0.2, -0.15) is 4.31 Å². The highest BCUT2D eigenvalue weighted by Crippen LogP contribution is 2.26. The molecule has 0 atom stereocenters. The van der Waals surface area contributed by atoms with E-state index in [-0.39, 0.29) is 11.8 Å². The summed E-state index contributed by atoms with van der Waals surface area (Å²) in [5, 5.41) is 4.75. The summed E-state index contributed by atoms with van der Waals surface area (Å²) in [4.78, 5) is 12.6. The Kier molecular flexibility index (Phi) is 7.24. The van der Waals surface area contributed by atoms with Gasteiger partial charge in [0.2, 0.25) is 5.91 Å². The van der Waals surface area contributed by atoms with Crippen molar-refractivity contribution < 1.29 is 17.9 Å². The van der Waals surface area contributed by atoms with Crippen molar-refractivity contribution in [1.82, 2.24) is 9.62 Å². The van der Waals surface area contributed by atoms with E-state index in [2.05, 4.69) is 5.32 Å². The maximum Gasteiger partial charge on any atom is 0.252 e. The van der Waals surface area contributed by atoms with Crippen LogP contribution in [0.15, 0.2) is 76.3 Å². The lowest BCUT2D eigenvalue weighted by molar-refractivity contribution is -0.126. The van der Waals surface area contributed by atoms with E-state index in [0.29, 0.717) is 43.3 Å². The average molecular weight is 471 g/mol. The standard InChI is InChI=1S/C24H26N2O4S2/c27-24(21-11-13-26(14-12-21)32(28,29)23-10-5-15-31-23)25-17-20-8-4-9-22(16-20)30-18-19-6-2-1-3-7-19/h1-10,15-16,21H,11-14,17-18H2,(H,25,27). The van der Waals surface area contributed by atoms with Crippen molar-refractivity contribution in [2.75, 3.05) is 13.1 Å². The van der Waals surface area contributed by atoms with Gasteiger partial charge in [-0.1, -0.05) is 48.5 Å². The number of amides is 1. The Bertz CT molecular complexity index is 1120. The molecule has 32 heavy (non-hydrogen) atoms. The molecule has 0 bridgehead atoms. The normalized spacial score (nSPS) is 15.4. The zero-order valence-electron chi connectivity index (χ0n) is 17.6. The molecule has 0 radical (unpaired) electrons. The van der Waals surface area contributed by atoms with Crippen LogP contribution in [-0.2, 0) is 28.0 Å². The van der Waals surface area contributed by atoms with Gasteiger partial charge in [-0.05, 0) is 47.5 Å². The summed E-state index contributed by atoms with van der Waals surface area (Å²) in [7, 11) is -3.45. The van der Waals surface area contributed by atoms with E-state index in [9.17, 15) is 13.2 Å². The highest BCUT2D eigenvalue weighted by molar-refractivity contribution is 7.91. The first-order valence-corrected chi connectivity index (χ1v) is 12.9. The maximum atomic E-state index is 12.6. The van der Waals surface area contributed by atoms with Crippen LogP contribution in [0, 0.1) is 5.92 Å². The fraction of sp³-hybridized carbons (Fsp3) is 0.292. The molecule has 1 saturated heterocycles. The van der Waals surface area contributed by atoms with Gasteiger partial charge >= 0.3 is 0 Å². The number of nitrogens with zero attached hydrogens (tertiary/aromatic N) is 1. The predicted octanol–water partition coefficient (Wildman–Crippen LogP) is 4.04. The first-order valence-electron chi connectivity index (χ1n) is 10.6. The summed E-state index contributed by atoms with van der Waals surface area (Å²) in [5.74, 6) is 0.545. The fourth-order valence-corrected chi connectivity index (χ4v) is 6.33. The fourth-order valence-electron chi connectivity index (χ4n) is 3.72. The monoisotopic (exact) mass is 470 g/mol. The van der Waals surface area contributed by atoms with Crippen molar-refractivity contribution in [2.45, 2.75) is 30.2 Å². The van der Waals surface area contributed by atoms with Crippen molar-refractivity contribution in [1.29, 1.82) is 0 Å². The minimum absolute atomic E-state index is 0.0335. The summed E-state index contributed by atoms with van der Waals surface area (Å²) >= 11 is 1.22. The molecule has 1 N–H and O–H groups in total. The largest absolute Gasteiger partial charge is 0.489 e. The molecule has 3 aromatic rings. The van der Waals surface area contributed by atoms with Gasteiger partial charge in [0.05, 0.1) is 0 Å². The summed E-state index contributed by atoms with van der Waals surface area (Å²) < 4.78 is 33.0. The van der Waals surface area contributed by atoms with Gasteiger partial charge in [0.1, 0.15) is 16.6 Å². The summed E-state index contributed by atoms with van der Waals surface area (Å²) in [5.41, 5.74) is 2.06. The van der Waals surface area contributed by atoms with Crippen LogP contribution in [-0.4, -0.2) is 31.7 Å². The molecule has 0 spiro atoms. The van der Waals surface area contributed by atoms with Crippen LogP contribution in [0.4, 0.5) is 0 Å². The molecule has 2 heterocycles. The van der Waals surface area contributed by atoms with E-state index in [1.807, 2.05) is 54.6 Å². The number of hydrogen-bond donors (Lipinski definition) is 1. The van der Waals surface area contributed by atoms with Crippen molar-refractivity contribution >= 4 is 27.3 Å². The van der Waals surface area contributed by atoms with Crippen molar-refractivity contribution in [3.05, 3.63) is 83.2 Å². The average Bonchev–Trinajstić information content (AvgIpc) is 3.38. The SMILES string of the molecule is O=C(NCc1cccc(OCc2ccccc2)c1)C1CCN(S(=O)(=O)c2cccs2)CC1. The Hall–Kier alpha value is -2.68. The van der Waals surface area contributed by atoms with Gasteiger partial charge in [0, 0.05) is 25.6 Å². The van der Waals surface area contributed by atoms with Crippen molar-refractivity contribution in [3.8, 4) is 5.75 Å². The molecule has 1 aliphatic rings. The molecule has 6 nitrogen and oxygen atoms in total. The van der Waals surface area contributed by atoms with Crippen LogP contribution in [0.1, 0.15) is 24.0 Å². The maximum absolute atomic E-state index is 12.6. The third-order valence-electron chi connectivity index (χ3n) is 5.53. The molecule has 4 rings (SSSR count). The molecular weight excluding hydrogens is 444 g/mol. The highest BCUT2D eigenvalue weighted by Gasteiger charge is 2.32. The van der Waals surface area contributed by atoms with Crippen LogP contribution in [0.25, 0.3) is 0 Å². The second-order valence-corrected chi connectivity index (χ2v) is 10.9. The molecule has 168 valence electrons. The summed E-state index contributed by atoms with van der Waals surface area (Å²) in [6, 6.07) is 21.0. The molecule has 0 saturated carbocycles. The minimum Gasteiger partial charge on any atom is -0.489 e. The first-order chi connectivity index (χ1) is 15.5. The van der Waals surface area contributed by atoms with E-state index in [1.54, 1.807) is 17.5 Å². The van der Waals surface area contributed by atoms with E-state index < -0.39 is 10.0 Å². The zero-order chi connectivity index (χ0) is 22.4. The Morgan fingerprint density at radius 3 is 2.47 bits per heavy atom. The summed E-state index contributed by atoms with van der Waals surface area (Å²) in [6.07, 6.45) is 1.05. The van der Waals surface area contributed by atoms with Gasteiger partial charge in [-0.3, -0.25) is 4.79 Å². The first kappa shape index (κ1) is 22.5. The molecule has 1 aliphatic heterocycles. The number of piperidine rings is 1. The molecular formula is C24H26N2O4S2. The van der Waals surface area contributed by atoms with Gasteiger partial charge in [0.15, 0.2) is 0 Å². The number of carbonyl (C=O) groups is 1. The molecule has 2 aromatic carbocycles. The molecule has 1 amide bonds. The van der Waals surface area contributed by atoms with Gasteiger partial charge < -0.3 is 10.1 Å². The number of ether oxygens (including phenoxy) is 1. The number of carbonyl (C=O) groups excluding carboxylic acids is 1. The quantitative estimate of drug-likeness (QED) is 0.539. The van der Waals surface area contributed by atoms with Gasteiger partial charge in [0.25, 0.3) is 10.0 Å². The lowest BCUT2D eigenvalue weighted by Crippen LogP contribution is -2.42. The smallest absolute Gasteiger partial charge is 0.252 e. The topological polar surface area (TPSA) is 75.7 Å². The molecule has 1 fully saturated rings. The lowest BCUT2D eigenvalue weighted by Gasteiger charge is -2.30. The predicted molar refractivity (Wildman–Crippen MR) is 125 cm³/mol. The second kappa shape index (κ2) is 10.3. The van der Waals surface area contributed by atoms with E-state index >= 15 is 0 Å². The Morgan fingerprint density at radius 1 is 1.00 bits per heavy atom. The third kappa shape index (κ3) is 5.56. The Balaban J connectivity index is 1.25. The minimum atomic E-state index is -3.45. The van der Waals surface area contributed by atoms with Crippen molar-refractivity contribution in [3.63, 3.8) is 0 Å². The number of hydrogen-bond acceptors (Lipinski definition) is 5. The zero-order valence-corrected chi connectivity index (χ0v) is 19.3. The second-order valence-electron chi connectivity index (χ2n) is 7.75. The van der Waals surface area contributed by atoms with Gasteiger partial charge in [-0.25, -0.2) is 8.42 Å². The van der Waals surface area contributed by atoms with Crippen molar-refractivity contribution in [2.24, 2.45) is 5.92 Å². The number of rotatable bonds is 8. The third-order valence-corrected chi connectivity index (χ3v) is 8.80. The van der Waals surface area contributed by atoms with E-state index in [0.717, 1.165) is 16.9 Å². The van der Waals surface area contributed by atoms with Gasteiger partial charge in [-0.15, -0.1) is 11.3 Å². The van der Waals surface area contributed by atoms with Crippen LogP contribution in [0.5, 0.6) is 5.75 Å². The van der Waals surface area contributed by atoms with E-state index in [4.69, 9.17) is 4.74 Å². The van der Waals surface area contributed by atoms with E-state index in [1.165, 1.54) is 15.6 Å². The Morgan fingerprint density at radius 2 is 1.75 bits per heavy atom. The summed E-state index contributed by atoms with van der Waals surface area (Å²) in [6.45, 7) is 1.63. The molecule has 0 unspecified atom stereocenters. The van der Waals surface area contributed by atoms with Crippen LogP contribution >= 0.6 is 11.3 Å². The van der Waals surface area contributed by atoms with Crippen LogP contribution in [0.2, 0.25) is 0 Å². The number of nitrogens with one attached hydrogen (secondary N) is 1. The molecule has 1 aromatic heterocycles.